The van der Waals surface area contributed by atoms with Gasteiger partial charge in [-0.25, -0.2) is 4.68 Å². The van der Waals surface area contributed by atoms with Crippen LogP contribution in [0.3, 0.4) is 0 Å². The number of tetrazole rings is 1. The zero-order valence-electron chi connectivity index (χ0n) is 16.1. The summed E-state index contributed by atoms with van der Waals surface area (Å²) in [4.78, 5) is 18.0. The van der Waals surface area contributed by atoms with E-state index in [0.29, 0.717) is 30.5 Å². The van der Waals surface area contributed by atoms with Crippen molar-refractivity contribution in [1.29, 1.82) is 0 Å². The number of anilines is 1. The van der Waals surface area contributed by atoms with Crippen LogP contribution in [0.5, 0.6) is 5.75 Å². The molecule has 10 heteroatoms. The number of nitrogens with zero attached hydrogens (tertiary/aromatic N) is 6. The average molecular weight is 431 g/mol. The Bertz CT molecular complexity index is 921. The molecule has 1 amide bonds. The number of thiophene rings is 1. The Hall–Kier alpha value is -2.59. The fraction of sp³-hybridized carbons (Fsp3) is 0.368. The van der Waals surface area contributed by atoms with Gasteiger partial charge in [-0.1, -0.05) is 17.8 Å². The fourth-order valence-electron chi connectivity index (χ4n) is 3.17. The van der Waals surface area contributed by atoms with Crippen molar-refractivity contribution in [3.05, 3.63) is 46.7 Å². The van der Waals surface area contributed by atoms with Gasteiger partial charge >= 0.3 is 0 Å². The second-order valence-corrected chi connectivity index (χ2v) is 8.53. The van der Waals surface area contributed by atoms with Gasteiger partial charge < -0.3 is 14.5 Å². The molecule has 29 heavy (non-hydrogen) atoms. The summed E-state index contributed by atoms with van der Waals surface area (Å²) in [5, 5.41) is 14.6. The summed E-state index contributed by atoms with van der Waals surface area (Å²) in [6, 6.07) is 12.1. The Kier molecular flexibility index (Phi) is 6.30. The lowest BCUT2D eigenvalue weighted by molar-refractivity contribution is -0.128. The molecular formula is C19H22N6O2S2. The van der Waals surface area contributed by atoms with Gasteiger partial charge in [-0.15, -0.1) is 16.4 Å². The molecule has 1 aliphatic rings. The van der Waals surface area contributed by atoms with E-state index in [-0.39, 0.29) is 5.91 Å². The molecule has 0 bridgehead atoms. The minimum atomic E-state index is 0.120. The van der Waals surface area contributed by atoms with Gasteiger partial charge in [0.2, 0.25) is 11.1 Å². The highest BCUT2D eigenvalue weighted by Gasteiger charge is 2.22. The summed E-state index contributed by atoms with van der Waals surface area (Å²) in [5.41, 5.74) is 1.15. The van der Waals surface area contributed by atoms with E-state index in [4.69, 9.17) is 4.74 Å². The molecule has 2 aromatic heterocycles. The highest BCUT2D eigenvalue weighted by atomic mass is 32.2. The Labute approximate surface area is 177 Å². The first kappa shape index (κ1) is 19.7. The van der Waals surface area contributed by atoms with E-state index >= 15 is 0 Å². The van der Waals surface area contributed by atoms with Crippen LogP contribution in [0.1, 0.15) is 4.88 Å². The maximum absolute atomic E-state index is 12.6. The molecule has 1 fully saturated rings. The third-order valence-corrected chi connectivity index (χ3v) is 6.58. The van der Waals surface area contributed by atoms with Crippen molar-refractivity contribution in [2.75, 3.05) is 43.9 Å². The van der Waals surface area contributed by atoms with Gasteiger partial charge in [-0.05, 0) is 46.1 Å². The van der Waals surface area contributed by atoms with E-state index in [2.05, 4.69) is 32.6 Å². The Balaban J connectivity index is 1.26. The molecule has 1 aliphatic heterocycles. The molecule has 152 valence electrons. The van der Waals surface area contributed by atoms with Gasteiger partial charge in [0.05, 0.1) is 19.4 Å². The third-order valence-electron chi connectivity index (χ3n) is 4.78. The van der Waals surface area contributed by atoms with Gasteiger partial charge in [0, 0.05) is 36.7 Å². The van der Waals surface area contributed by atoms with E-state index in [1.807, 2.05) is 34.5 Å². The molecule has 0 radical (unpaired) electrons. The van der Waals surface area contributed by atoms with E-state index in [1.54, 1.807) is 23.1 Å². The zero-order chi connectivity index (χ0) is 20.1. The zero-order valence-corrected chi connectivity index (χ0v) is 17.7. The van der Waals surface area contributed by atoms with E-state index < -0.39 is 0 Å². The molecule has 1 saturated heterocycles. The van der Waals surface area contributed by atoms with Crippen LogP contribution in [-0.4, -0.2) is 70.1 Å². The van der Waals surface area contributed by atoms with Gasteiger partial charge in [0.1, 0.15) is 5.75 Å². The summed E-state index contributed by atoms with van der Waals surface area (Å²) < 4.78 is 6.95. The molecule has 0 spiro atoms. The largest absolute Gasteiger partial charge is 0.497 e. The van der Waals surface area contributed by atoms with Crippen molar-refractivity contribution in [2.24, 2.45) is 0 Å². The summed E-state index contributed by atoms with van der Waals surface area (Å²) >= 11 is 3.06. The van der Waals surface area contributed by atoms with Crippen molar-refractivity contribution < 1.29 is 9.53 Å². The van der Waals surface area contributed by atoms with Crippen molar-refractivity contribution in [3.63, 3.8) is 0 Å². The molecule has 0 N–H and O–H groups in total. The minimum Gasteiger partial charge on any atom is -0.497 e. The number of aromatic nitrogens is 4. The lowest BCUT2D eigenvalue weighted by atomic mass is 10.2. The lowest BCUT2D eigenvalue weighted by Gasteiger charge is -2.36. The van der Waals surface area contributed by atoms with Crippen LogP contribution in [0.15, 0.2) is 46.9 Å². The maximum atomic E-state index is 12.6. The van der Waals surface area contributed by atoms with Gasteiger partial charge in [-0.2, -0.15) is 0 Å². The minimum absolute atomic E-state index is 0.120. The van der Waals surface area contributed by atoms with Gasteiger partial charge in [-0.3, -0.25) is 4.79 Å². The van der Waals surface area contributed by atoms with E-state index in [9.17, 15) is 4.79 Å². The van der Waals surface area contributed by atoms with Crippen LogP contribution in [-0.2, 0) is 11.3 Å². The van der Waals surface area contributed by atoms with E-state index in [1.165, 1.54) is 16.6 Å². The SMILES string of the molecule is COc1ccc(N2CCN(C(=O)CSc3nnnn3Cc3cccs3)CC2)cc1. The topological polar surface area (TPSA) is 76.4 Å². The molecule has 0 saturated carbocycles. The number of hydrogen-bond donors (Lipinski definition) is 0. The second kappa shape index (κ2) is 9.27. The number of ether oxygens (including phenoxy) is 1. The quantitative estimate of drug-likeness (QED) is 0.532. The predicted molar refractivity (Wildman–Crippen MR) is 114 cm³/mol. The first-order valence-electron chi connectivity index (χ1n) is 9.31. The van der Waals surface area contributed by atoms with Crippen LogP contribution in [0.2, 0.25) is 0 Å². The van der Waals surface area contributed by atoms with Crippen LogP contribution < -0.4 is 9.64 Å². The number of methoxy groups -OCH3 is 1. The van der Waals surface area contributed by atoms with Gasteiger partial charge in [0.25, 0.3) is 0 Å². The van der Waals surface area contributed by atoms with E-state index in [0.717, 1.165) is 24.5 Å². The molecular weight excluding hydrogens is 408 g/mol. The number of carbonyl (C=O) groups is 1. The predicted octanol–water partition coefficient (Wildman–Crippen LogP) is 2.23. The fourth-order valence-corrected chi connectivity index (χ4v) is 4.64. The Morgan fingerprint density at radius 3 is 2.66 bits per heavy atom. The summed E-state index contributed by atoms with van der Waals surface area (Å²) in [6.45, 7) is 3.69. The summed E-state index contributed by atoms with van der Waals surface area (Å²) in [5.74, 6) is 1.31. The van der Waals surface area contributed by atoms with Crippen LogP contribution in [0.25, 0.3) is 0 Å². The second-order valence-electron chi connectivity index (χ2n) is 6.55. The molecule has 3 heterocycles. The van der Waals surface area contributed by atoms with Crippen molar-refractivity contribution in [1.82, 2.24) is 25.1 Å². The molecule has 4 rings (SSSR count). The molecule has 1 aromatic carbocycles. The average Bonchev–Trinajstić information content (AvgIpc) is 3.45. The highest BCUT2D eigenvalue weighted by Crippen LogP contribution is 2.22. The Morgan fingerprint density at radius 1 is 1.17 bits per heavy atom. The number of thioether (sulfide) groups is 1. The lowest BCUT2D eigenvalue weighted by Crippen LogP contribution is -2.49. The van der Waals surface area contributed by atoms with Crippen molar-refractivity contribution in [3.8, 4) is 5.75 Å². The van der Waals surface area contributed by atoms with Crippen molar-refractivity contribution in [2.45, 2.75) is 11.7 Å². The van der Waals surface area contributed by atoms with Gasteiger partial charge in [0.15, 0.2) is 0 Å². The number of benzene rings is 1. The first-order chi connectivity index (χ1) is 14.2. The molecule has 3 aromatic rings. The molecule has 8 nitrogen and oxygen atoms in total. The number of piperazine rings is 1. The number of hydrogen-bond acceptors (Lipinski definition) is 8. The normalized spacial score (nSPS) is 14.2. The van der Waals surface area contributed by atoms with Crippen LogP contribution >= 0.6 is 23.1 Å². The van der Waals surface area contributed by atoms with Crippen LogP contribution in [0.4, 0.5) is 5.69 Å². The molecule has 0 unspecified atom stereocenters. The first-order valence-corrected chi connectivity index (χ1v) is 11.2. The number of rotatable bonds is 7. The standard InChI is InChI=1S/C19H22N6O2S2/c1-27-16-6-4-15(5-7-16)23-8-10-24(11-9-23)18(26)14-29-19-20-21-22-25(19)13-17-3-2-12-28-17/h2-7,12H,8-11,13-14H2,1H3. The van der Waals surface area contributed by atoms with Crippen molar-refractivity contribution >= 4 is 34.7 Å². The van der Waals surface area contributed by atoms with Crippen LogP contribution in [0, 0.1) is 0 Å². The number of carbonyl (C=O) groups excluding carboxylic acids is 1. The summed E-state index contributed by atoms with van der Waals surface area (Å²) in [6.07, 6.45) is 0. The summed E-state index contributed by atoms with van der Waals surface area (Å²) in [7, 11) is 1.66. The molecule has 0 atom stereocenters. The number of amides is 1. The monoisotopic (exact) mass is 430 g/mol. The molecule has 0 aliphatic carbocycles. The maximum Gasteiger partial charge on any atom is 0.233 e. The highest BCUT2D eigenvalue weighted by molar-refractivity contribution is 7.99. The third kappa shape index (κ3) is 4.88. The smallest absolute Gasteiger partial charge is 0.233 e. The Morgan fingerprint density at radius 2 is 1.97 bits per heavy atom.